The average molecular weight is 344 g/mol. The number of nitrogens with one attached hydrogen (secondary N) is 1. The molecule has 1 heterocycles. The molecule has 1 aromatic heterocycles. The predicted octanol–water partition coefficient (Wildman–Crippen LogP) is 5.18. The molecule has 23 heavy (non-hydrogen) atoms. The number of aromatic nitrogens is 1. The van der Waals surface area contributed by atoms with E-state index >= 15 is 0 Å². The van der Waals surface area contributed by atoms with Gasteiger partial charge in [-0.25, -0.2) is 9.78 Å². The van der Waals surface area contributed by atoms with Gasteiger partial charge in [-0.15, -0.1) is 0 Å². The summed E-state index contributed by atoms with van der Waals surface area (Å²) in [5.41, 5.74) is -1.46. The van der Waals surface area contributed by atoms with Crippen molar-refractivity contribution in [2.24, 2.45) is 0 Å². The van der Waals surface area contributed by atoms with E-state index in [0.717, 1.165) is 17.4 Å². The molecular formula is C15H15F3N2O2S. The summed E-state index contributed by atoms with van der Waals surface area (Å²) in [5.74, 6) is 0. The first kappa shape index (κ1) is 17.3. The number of hydrogen-bond donors (Lipinski definition) is 1. The molecular weight excluding hydrogens is 329 g/mol. The first-order chi connectivity index (χ1) is 10.6. The maximum absolute atomic E-state index is 13.0. The molecule has 1 amide bonds. The highest BCUT2D eigenvalue weighted by Crippen LogP contribution is 2.39. The van der Waals surface area contributed by atoms with Crippen molar-refractivity contribution in [2.75, 3.05) is 5.32 Å². The summed E-state index contributed by atoms with van der Waals surface area (Å²) >= 11 is 0.948. The molecule has 2 aromatic rings. The van der Waals surface area contributed by atoms with E-state index in [1.165, 1.54) is 24.4 Å². The van der Waals surface area contributed by atoms with E-state index in [-0.39, 0.29) is 10.6 Å². The van der Waals surface area contributed by atoms with Crippen LogP contribution in [0.5, 0.6) is 0 Å². The topological polar surface area (TPSA) is 51.2 Å². The van der Waals surface area contributed by atoms with E-state index in [4.69, 9.17) is 4.74 Å². The highest BCUT2D eigenvalue weighted by molar-refractivity contribution is 7.19. The van der Waals surface area contributed by atoms with Gasteiger partial charge < -0.3 is 4.74 Å². The maximum Gasteiger partial charge on any atom is 0.417 e. The van der Waals surface area contributed by atoms with Gasteiger partial charge in [0.2, 0.25) is 0 Å². The molecule has 0 aliphatic carbocycles. The second kappa shape index (κ2) is 6.19. The quantitative estimate of drug-likeness (QED) is 0.817. The Morgan fingerprint density at radius 2 is 1.87 bits per heavy atom. The number of carbonyl (C=O) groups is 1. The summed E-state index contributed by atoms with van der Waals surface area (Å²) in [7, 11) is 0. The zero-order valence-corrected chi connectivity index (χ0v) is 13.5. The van der Waals surface area contributed by atoms with Crippen LogP contribution in [-0.2, 0) is 10.9 Å². The molecule has 0 spiro atoms. The van der Waals surface area contributed by atoms with Crippen LogP contribution >= 0.6 is 11.3 Å². The molecule has 4 nitrogen and oxygen atoms in total. The van der Waals surface area contributed by atoms with Gasteiger partial charge >= 0.3 is 12.3 Å². The minimum atomic E-state index is -4.47. The summed E-state index contributed by atoms with van der Waals surface area (Å²) in [6, 6.07) is 5.17. The number of rotatable bonds is 2. The van der Waals surface area contributed by atoms with Gasteiger partial charge in [0, 0.05) is 5.56 Å². The van der Waals surface area contributed by atoms with Crippen molar-refractivity contribution in [1.82, 2.24) is 4.98 Å². The number of thiazole rings is 1. The normalized spacial score (nSPS) is 12.1. The lowest BCUT2D eigenvalue weighted by atomic mass is 10.1. The molecule has 124 valence electrons. The summed E-state index contributed by atoms with van der Waals surface area (Å²) in [6.45, 7) is 5.14. The number of nitrogens with zero attached hydrogens (tertiary/aromatic N) is 1. The molecule has 2 rings (SSSR count). The molecule has 0 fully saturated rings. The van der Waals surface area contributed by atoms with E-state index in [0.29, 0.717) is 5.00 Å². The Morgan fingerprint density at radius 3 is 2.48 bits per heavy atom. The van der Waals surface area contributed by atoms with Crippen molar-refractivity contribution >= 4 is 22.4 Å². The number of amides is 1. The van der Waals surface area contributed by atoms with Crippen molar-refractivity contribution in [1.29, 1.82) is 0 Å². The SMILES string of the molecule is CC(C)(C)OC(=O)Nc1cnc(-c2ccccc2C(F)(F)F)s1. The van der Waals surface area contributed by atoms with Crippen molar-refractivity contribution in [3.05, 3.63) is 36.0 Å². The molecule has 0 bridgehead atoms. The third-order valence-corrected chi connectivity index (χ3v) is 3.54. The van der Waals surface area contributed by atoms with Crippen LogP contribution in [0.1, 0.15) is 26.3 Å². The maximum atomic E-state index is 13.0. The molecule has 1 aromatic carbocycles. The fourth-order valence-corrected chi connectivity index (χ4v) is 2.62. The minimum Gasteiger partial charge on any atom is -0.444 e. The largest absolute Gasteiger partial charge is 0.444 e. The van der Waals surface area contributed by atoms with Gasteiger partial charge in [-0.2, -0.15) is 13.2 Å². The second-order valence-electron chi connectivity index (χ2n) is 5.70. The molecule has 0 aliphatic rings. The van der Waals surface area contributed by atoms with Gasteiger partial charge in [-0.05, 0) is 26.8 Å². The van der Waals surface area contributed by atoms with Crippen LogP contribution in [0.3, 0.4) is 0 Å². The van der Waals surface area contributed by atoms with E-state index < -0.39 is 23.4 Å². The van der Waals surface area contributed by atoms with Crippen molar-refractivity contribution in [3.8, 4) is 10.6 Å². The lowest BCUT2D eigenvalue weighted by molar-refractivity contribution is -0.137. The Kier molecular flexibility index (Phi) is 4.65. The van der Waals surface area contributed by atoms with Crippen molar-refractivity contribution in [2.45, 2.75) is 32.5 Å². The van der Waals surface area contributed by atoms with Crippen LogP contribution in [0, 0.1) is 0 Å². The van der Waals surface area contributed by atoms with Crippen molar-refractivity contribution < 1.29 is 22.7 Å². The molecule has 0 saturated heterocycles. The minimum absolute atomic E-state index is 0.0257. The third-order valence-electron chi connectivity index (χ3n) is 2.59. The first-order valence-electron chi connectivity index (χ1n) is 6.69. The second-order valence-corrected chi connectivity index (χ2v) is 6.73. The summed E-state index contributed by atoms with van der Waals surface area (Å²) in [5, 5.41) is 2.94. The lowest BCUT2D eigenvalue weighted by Gasteiger charge is -2.19. The Hall–Kier alpha value is -2.09. The number of anilines is 1. The van der Waals surface area contributed by atoms with Gasteiger partial charge in [-0.1, -0.05) is 29.5 Å². The first-order valence-corrected chi connectivity index (χ1v) is 7.50. The standard InChI is InChI=1S/C15H15F3N2O2S/c1-14(2,3)22-13(21)20-11-8-19-12(23-11)9-6-4-5-7-10(9)15(16,17)18/h4-8H,1-3H3,(H,20,21). The number of hydrogen-bond acceptors (Lipinski definition) is 4. The van der Waals surface area contributed by atoms with E-state index in [1.807, 2.05) is 0 Å². The molecule has 0 saturated carbocycles. The third kappa shape index (κ3) is 4.69. The molecule has 0 atom stereocenters. The number of alkyl halides is 3. The van der Waals surface area contributed by atoms with Crippen LogP contribution < -0.4 is 5.32 Å². The van der Waals surface area contributed by atoms with E-state index in [9.17, 15) is 18.0 Å². The van der Waals surface area contributed by atoms with Gasteiger partial charge in [0.05, 0.1) is 11.8 Å². The molecule has 1 N–H and O–H groups in total. The van der Waals surface area contributed by atoms with Crippen LogP contribution in [0.4, 0.5) is 23.0 Å². The number of carbonyl (C=O) groups excluding carboxylic acids is 1. The fraction of sp³-hybridized carbons (Fsp3) is 0.333. The predicted molar refractivity (Wildman–Crippen MR) is 82.4 cm³/mol. The van der Waals surface area contributed by atoms with Crippen LogP contribution in [-0.4, -0.2) is 16.7 Å². The zero-order chi connectivity index (χ0) is 17.3. The summed E-state index contributed by atoms with van der Waals surface area (Å²) in [4.78, 5) is 15.6. The summed E-state index contributed by atoms with van der Waals surface area (Å²) in [6.07, 6.45) is -3.85. The van der Waals surface area contributed by atoms with E-state index in [2.05, 4.69) is 10.3 Å². The average Bonchev–Trinajstić information content (AvgIpc) is 2.83. The molecule has 0 aliphatic heterocycles. The van der Waals surface area contributed by atoms with Crippen LogP contribution in [0.25, 0.3) is 10.6 Å². The molecule has 0 radical (unpaired) electrons. The van der Waals surface area contributed by atoms with Gasteiger partial charge in [0.15, 0.2) is 0 Å². The van der Waals surface area contributed by atoms with Gasteiger partial charge in [-0.3, -0.25) is 5.32 Å². The van der Waals surface area contributed by atoms with Gasteiger partial charge in [0.1, 0.15) is 15.6 Å². The Labute approximate surface area is 135 Å². The smallest absolute Gasteiger partial charge is 0.417 e. The van der Waals surface area contributed by atoms with E-state index in [1.54, 1.807) is 20.8 Å². The van der Waals surface area contributed by atoms with Crippen LogP contribution in [0.15, 0.2) is 30.5 Å². The highest BCUT2D eigenvalue weighted by atomic mass is 32.1. The Balaban J connectivity index is 2.22. The number of ether oxygens (including phenoxy) is 1. The van der Waals surface area contributed by atoms with Gasteiger partial charge in [0.25, 0.3) is 0 Å². The Morgan fingerprint density at radius 1 is 1.22 bits per heavy atom. The van der Waals surface area contributed by atoms with Crippen LogP contribution in [0.2, 0.25) is 0 Å². The monoisotopic (exact) mass is 344 g/mol. The number of benzene rings is 1. The number of halogens is 3. The summed E-state index contributed by atoms with van der Waals surface area (Å²) < 4.78 is 44.2. The zero-order valence-electron chi connectivity index (χ0n) is 12.7. The lowest BCUT2D eigenvalue weighted by Crippen LogP contribution is -2.26. The Bertz CT molecular complexity index is 705. The fourth-order valence-electron chi connectivity index (χ4n) is 1.78. The molecule has 0 unspecified atom stereocenters. The van der Waals surface area contributed by atoms with Crippen molar-refractivity contribution in [3.63, 3.8) is 0 Å². The highest BCUT2D eigenvalue weighted by Gasteiger charge is 2.34. The molecule has 8 heteroatoms.